The standard InChI is InChI=1S/C15H34NO3P/c1-5-9-12-16(13-10-6-2)14-11-15-19-20(17-7-3)18-8-4/h5-15H2,1-4H3. The van der Waals surface area contributed by atoms with Crippen molar-refractivity contribution in [1.29, 1.82) is 0 Å². The highest BCUT2D eigenvalue weighted by Crippen LogP contribution is 2.39. The van der Waals surface area contributed by atoms with Crippen molar-refractivity contribution in [1.82, 2.24) is 4.90 Å². The number of hydrogen-bond acceptors (Lipinski definition) is 4. The van der Waals surface area contributed by atoms with Crippen molar-refractivity contribution in [2.24, 2.45) is 0 Å². The Labute approximate surface area is 127 Å². The van der Waals surface area contributed by atoms with Crippen LogP contribution in [-0.4, -0.2) is 44.4 Å². The fraction of sp³-hybridized carbons (Fsp3) is 1.00. The van der Waals surface area contributed by atoms with Gasteiger partial charge in [-0.05, 0) is 46.2 Å². The molecular weight excluding hydrogens is 273 g/mol. The SMILES string of the molecule is CCCCN(CCCC)CCCOP(OCC)OCC. The number of rotatable bonds is 15. The minimum absolute atomic E-state index is 0.644. The fourth-order valence-corrected chi connectivity index (χ4v) is 2.77. The Hall–Kier alpha value is 0.270. The first kappa shape index (κ1) is 20.3. The van der Waals surface area contributed by atoms with Crippen LogP contribution in [0.15, 0.2) is 0 Å². The van der Waals surface area contributed by atoms with Crippen molar-refractivity contribution < 1.29 is 13.6 Å². The lowest BCUT2D eigenvalue weighted by Gasteiger charge is -2.22. The van der Waals surface area contributed by atoms with E-state index in [-0.39, 0.29) is 0 Å². The summed E-state index contributed by atoms with van der Waals surface area (Å²) in [7, 11) is -1.13. The molecule has 0 heterocycles. The van der Waals surface area contributed by atoms with E-state index in [1.165, 1.54) is 38.8 Å². The molecule has 0 saturated heterocycles. The second-order valence-electron chi connectivity index (χ2n) is 4.79. The number of nitrogens with zero attached hydrogens (tertiary/aromatic N) is 1. The van der Waals surface area contributed by atoms with E-state index in [2.05, 4.69) is 18.7 Å². The monoisotopic (exact) mass is 307 g/mol. The van der Waals surface area contributed by atoms with Crippen LogP contribution in [0.3, 0.4) is 0 Å². The third-order valence-corrected chi connectivity index (χ3v) is 4.27. The molecule has 0 aliphatic carbocycles. The van der Waals surface area contributed by atoms with Gasteiger partial charge in [0.1, 0.15) is 0 Å². The van der Waals surface area contributed by atoms with Crippen molar-refractivity contribution in [2.75, 3.05) is 39.5 Å². The highest BCUT2D eigenvalue weighted by molar-refractivity contribution is 7.41. The van der Waals surface area contributed by atoms with Crippen LogP contribution >= 0.6 is 8.60 Å². The van der Waals surface area contributed by atoms with Gasteiger partial charge in [0.05, 0.1) is 19.8 Å². The van der Waals surface area contributed by atoms with Gasteiger partial charge in [-0.3, -0.25) is 0 Å². The van der Waals surface area contributed by atoms with Crippen molar-refractivity contribution in [3.8, 4) is 0 Å². The summed E-state index contributed by atoms with van der Waals surface area (Å²) in [6.45, 7) is 14.0. The molecule has 0 bridgehead atoms. The molecule has 0 aromatic carbocycles. The van der Waals surface area contributed by atoms with Crippen LogP contribution in [0.25, 0.3) is 0 Å². The van der Waals surface area contributed by atoms with E-state index in [4.69, 9.17) is 13.6 Å². The molecule has 0 radical (unpaired) electrons. The van der Waals surface area contributed by atoms with Gasteiger partial charge in [0.25, 0.3) is 0 Å². The Kier molecular flexibility index (Phi) is 15.9. The van der Waals surface area contributed by atoms with E-state index in [1.54, 1.807) is 0 Å². The second kappa shape index (κ2) is 15.7. The smallest absolute Gasteiger partial charge is 0.313 e. The van der Waals surface area contributed by atoms with Crippen LogP contribution in [0.4, 0.5) is 0 Å². The molecule has 0 fully saturated rings. The summed E-state index contributed by atoms with van der Waals surface area (Å²) in [5, 5.41) is 0. The average molecular weight is 307 g/mol. The van der Waals surface area contributed by atoms with Crippen molar-refractivity contribution >= 4 is 8.60 Å². The predicted molar refractivity (Wildman–Crippen MR) is 87.0 cm³/mol. The quantitative estimate of drug-likeness (QED) is 0.327. The molecule has 0 amide bonds. The number of hydrogen-bond donors (Lipinski definition) is 0. The first-order valence-corrected chi connectivity index (χ1v) is 9.29. The topological polar surface area (TPSA) is 30.9 Å². The summed E-state index contributed by atoms with van der Waals surface area (Å²) in [6, 6.07) is 0. The van der Waals surface area contributed by atoms with Crippen LogP contribution in [0.2, 0.25) is 0 Å². The zero-order valence-corrected chi connectivity index (χ0v) is 14.8. The molecule has 4 nitrogen and oxygen atoms in total. The molecule has 0 atom stereocenters. The van der Waals surface area contributed by atoms with Gasteiger partial charge in [-0.25, -0.2) is 0 Å². The molecule has 0 N–H and O–H groups in total. The van der Waals surface area contributed by atoms with Gasteiger partial charge >= 0.3 is 8.60 Å². The van der Waals surface area contributed by atoms with E-state index in [1.807, 2.05) is 13.8 Å². The van der Waals surface area contributed by atoms with Gasteiger partial charge in [-0.1, -0.05) is 26.7 Å². The molecule has 0 aliphatic heterocycles. The first-order chi connectivity index (χ1) is 9.78. The molecule has 0 rings (SSSR count). The summed E-state index contributed by atoms with van der Waals surface area (Å²) in [6.07, 6.45) is 6.15. The third kappa shape index (κ3) is 12.0. The lowest BCUT2D eigenvalue weighted by atomic mass is 10.2. The molecule has 122 valence electrons. The fourth-order valence-electron chi connectivity index (χ4n) is 1.85. The average Bonchev–Trinajstić information content (AvgIpc) is 2.45. The summed E-state index contributed by atoms with van der Waals surface area (Å²) in [5.74, 6) is 0. The van der Waals surface area contributed by atoms with Gasteiger partial charge in [0.2, 0.25) is 0 Å². The van der Waals surface area contributed by atoms with Crippen LogP contribution in [0, 0.1) is 0 Å². The van der Waals surface area contributed by atoms with Crippen molar-refractivity contribution in [2.45, 2.75) is 59.8 Å². The summed E-state index contributed by atoms with van der Waals surface area (Å²) >= 11 is 0. The number of unbranched alkanes of at least 4 members (excludes halogenated alkanes) is 2. The van der Waals surface area contributed by atoms with Gasteiger partial charge < -0.3 is 18.5 Å². The van der Waals surface area contributed by atoms with E-state index in [0.29, 0.717) is 13.2 Å². The zero-order chi connectivity index (χ0) is 15.1. The second-order valence-corrected chi connectivity index (χ2v) is 6.02. The van der Waals surface area contributed by atoms with Gasteiger partial charge in [-0.2, -0.15) is 0 Å². The Balaban J connectivity index is 3.77. The third-order valence-electron chi connectivity index (χ3n) is 2.94. The maximum Gasteiger partial charge on any atom is 0.332 e. The van der Waals surface area contributed by atoms with Gasteiger partial charge in [0, 0.05) is 6.54 Å². The van der Waals surface area contributed by atoms with Gasteiger partial charge in [-0.15, -0.1) is 0 Å². The molecule has 5 heteroatoms. The van der Waals surface area contributed by atoms with Crippen LogP contribution in [-0.2, 0) is 13.6 Å². The van der Waals surface area contributed by atoms with E-state index >= 15 is 0 Å². The zero-order valence-electron chi connectivity index (χ0n) is 13.9. The van der Waals surface area contributed by atoms with Gasteiger partial charge in [0.15, 0.2) is 0 Å². The maximum absolute atomic E-state index is 5.68. The minimum Gasteiger partial charge on any atom is -0.313 e. The molecule has 0 aromatic rings. The summed E-state index contributed by atoms with van der Waals surface area (Å²) in [4.78, 5) is 2.56. The summed E-state index contributed by atoms with van der Waals surface area (Å²) in [5.41, 5.74) is 0. The van der Waals surface area contributed by atoms with Crippen LogP contribution in [0.1, 0.15) is 59.8 Å². The van der Waals surface area contributed by atoms with E-state index in [0.717, 1.165) is 19.6 Å². The molecule has 0 aromatic heterocycles. The molecule has 0 aliphatic rings. The Morgan fingerprint density at radius 3 is 1.65 bits per heavy atom. The van der Waals surface area contributed by atoms with Crippen molar-refractivity contribution in [3.05, 3.63) is 0 Å². The van der Waals surface area contributed by atoms with E-state index in [9.17, 15) is 0 Å². The molecule has 20 heavy (non-hydrogen) atoms. The predicted octanol–water partition coefficient (Wildman–Crippen LogP) is 4.60. The largest absolute Gasteiger partial charge is 0.332 e. The first-order valence-electron chi connectivity index (χ1n) is 8.19. The lowest BCUT2D eigenvalue weighted by Crippen LogP contribution is -2.27. The highest BCUT2D eigenvalue weighted by Gasteiger charge is 2.10. The lowest BCUT2D eigenvalue weighted by molar-refractivity contribution is 0.160. The van der Waals surface area contributed by atoms with E-state index < -0.39 is 8.60 Å². The van der Waals surface area contributed by atoms with Crippen LogP contribution in [0.5, 0.6) is 0 Å². The Morgan fingerprint density at radius 1 is 0.700 bits per heavy atom. The molecule has 0 saturated carbocycles. The minimum atomic E-state index is -1.13. The molecule has 0 unspecified atom stereocenters. The van der Waals surface area contributed by atoms with Crippen LogP contribution < -0.4 is 0 Å². The maximum atomic E-state index is 5.68. The Morgan fingerprint density at radius 2 is 1.20 bits per heavy atom. The Bertz CT molecular complexity index is 182. The molecule has 0 spiro atoms. The molecular formula is C15H34NO3P. The highest BCUT2D eigenvalue weighted by atomic mass is 31.2. The normalized spacial score (nSPS) is 11.7. The van der Waals surface area contributed by atoms with Crippen molar-refractivity contribution in [3.63, 3.8) is 0 Å². The summed E-state index contributed by atoms with van der Waals surface area (Å²) < 4.78 is 16.5.